The van der Waals surface area contributed by atoms with E-state index >= 15 is 0 Å². The van der Waals surface area contributed by atoms with Crippen molar-refractivity contribution in [1.82, 2.24) is 4.98 Å². The second-order valence-electron chi connectivity index (χ2n) is 4.89. The molecule has 2 unspecified atom stereocenters. The first-order valence-corrected chi connectivity index (χ1v) is 7.66. The van der Waals surface area contributed by atoms with Crippen LogP contribution in [0.3, 0.4) is 0 Å². The molecule has 0 amide bonds. The number of nitrogens with two attached hydrogens (primary N) is 1. The van der Waals surface area contributed by atoms with Gasteiger partial charge in [-0.1, -0.05) is 0 Å². The molecule has 2 N–H and O–H groups in total. The lowest BCUT2D eigenvalue weighted by molar-refractivity contribution is 0.446. The van der Waals surface area contributed by atoms with Crippen LogP contribution in [0.15, 0.2) is 10.7 Å². The van der Waals surface area contributed by atoms with Crippen LogP contribution < -0.4 is 5.73 Å². The molecule has 0 aliphatic carbocycles. The normalized spacial score (nSPS) is 24.9. The van der Waals surface area contributed by atoms with Crippen LogP contribution in [0.2, 0.25) is 0 Å². The highest BCUT2D eigenvalue weighted by Crippen LogP contribution is 2.22. The lowest BCUT2D eigenvalue weighted by Crippen LogP contribution is -2.18. The first-order valence-electron chi connectivity index (χ1n) is 5.84. The minimum atomic E-state index is -2.82. The molecule has 0 spiro atoms. The van der Waals surface area contributed by atoms with Crippen LogP contribution >= 0.6 is 0 Å². The summed E-state index contributed by atoms with van der Waals surface area (Å²) in [6, 6.07) is 0.0554. The second-order valence-corrected chi connectivity index (χ2v) is 7.12. The molecular formula is C11H18N2O3S. The minimum Gasteiger partial charge on any atom is -0.449 e. The molecular weight excluding hydrogens is 240 g/mol. The summed E-state index contributed by atoms with van der Waals surface area (Å²) in [4.78, 5) is 4.32. The molecule has 6 heteroatoms. The van der Waals surface area contributed by atoms with Crippen LogP contribution in [0, 0.1) is 5.92 Å². The maximum atomic E-state index is 11.3. The van der Waals surface area contributed by atoms with Gasteiger partial charge in [-0.15, -0.1) is 0 Å². The summed E-state index contributed by atoms with van der Waals surface area (Å²) in [5.41, 5.74) is 6.52. The van der Waals surface area contributed by atoms with Crippen LogP contribution in [-0.2, 0) is 22.7 Å². The van der Waals surface area contributed by atoms with Crippen molar-refractivity contribution in [3.8, 4) is 0 Å². The molecule has 2 heterocycles. The van der Waals surface area contributed by atoms with E-state index in [0.717, 1.165) is 5.69 Å². The molecule has 0 aromatic carbocycles. The van der Waals surface area contributed by atoms with E-state index < -0.39 is 9.84 Å². The van der Waals surface area contributed by atoms with Gasteiger partial charge in [0.15, 0.2) is 15.7 Å². The van der Waals surface area contributed by atoms with Crippen molar-refractivity contribution in [2.75, 3.05) is 11.5 Å². The van der Waals surface area contributed by atoms with Crippen LogP contribution in [0.25, 0.3) is 0 Å². The van der Waals surface area contributed by atoms with Crippen molar-refractivity contribution in [1.29, 1.82) is 0 Å². The number of rotatable bonds is 4. The Morgan fingerprint density at radius 3 is 3.00 bits per heavy atom. The van der Waals surface area contributed by atoms with Gasteiger partial charge in [-0.05, 0) is 19.3 Å². The Bertz CT molecular complexity index is 479. The van der Waals surface area contributed by atoms with Gasteiger partial charge in [-0.3, -0.25) is 0 Å². The fraction of sp³-hybridized carbons (Fsp3) is 0.727. The molecule has 1 aromatic heterocycles. The molecule has 1 aliphatic heterocycles. The van der Waals surface area contributed by atoms with Gasteiger partial charge in [0.25, 0.3) is 0 Å². The third-order valence-corrected chi connectivity index (χ3v) is 4.76. The molecule has 96 valence electrons. The summed E-state index contributed by atoms with van der Waals surface area (Å²) in [6.07, 6.45) is 3.63. The average Bonchev–Trinajstić information content (AvgIpc) is 2.73. The van der Waals surface area contributed by atoms with Crippen molar-refractivity contribution in [3.63, 3.8) is 0 Å². The summed E-state index contributed by atoms with van der Waals surface area (Å²) in [5.74, 6) is 1.34. The van der Waals surface area contributed by atoms with E-state index in [4.69, 9.17) is 10.2 Å². The maximum Gasteiger partial charge on any atom is 0.194 e. The molecule has 5 nitrogen and oxygen atoms in total. The number of hydrogen-bond acceptors (Lipinski definition) is 5. The molecule has 1 aromatic rings. The van der Waals surface area contributed by atoms with Crippen LogP contribution in [0.4, 0.5) is 0 Å². The molecule has 2 rings (SSSR count). The van der Waals surface area contributed by atoms with E-state index in [-0.39, 0.29) is 17.7 Å². The Labute approximate surface area is 101 Å². The number of nitrogens with zero attached hydrogens (tertiary/aromatic N) is 1. The largest absolute Gasteiger partial charge is 0.449 e. The Balaban J connectivity index is 1.93. The van der Waals surface area contributed by atoms with Crippen molar-refractivity contribution < 1.29 is 12.8 Å². The number of oxazole rings is 1. The summed E-state index contributed by atoms with van der Waals surface area (Å²) in [5, 5.41) is 0. The van der Waals surface area contributed by atoms with Crippen LogP contribution in [0.1, 0.15) is 24.9 Å². The zero-order valence-electron chi connectivity index (χ0n) is 9.93. The quantitative estimate of drug-likeness (QED) is 0.852. The van der Waals surface area contributed by atoms with Gasteiger partial charge < -0.3 is 10.2 Å². The minimum absolute atomic E-state index is 0.0554. The third-order valence-electron chi connectivity index (χ3n) is 2.92. The van der Waals surface area contributed by atoms with Crippen molar-refractivity contribution >= 4 is 9.84 Å². The summed E-state index contributed by atoms with van der Waals surface area (Å²) >= 11 is 0. The van der Waals surface area contributed by atoms with E-state index in [1.54, 1.807) is 6.26 Å². The summed E-state index contributed by atoms with van der Waals surface area (Å²) in [6.45, 7) is 1.91. The Kier molecular flexibility index (Phi) is 3.53. The molecule has 1 aliphatic rings. The van der Waals surface area contributed by atoms with E-state index in [0.29, 0.717) is 30.9 Å². The van der Waals surface area contributed by atoms with Gasteiger partial charge in [0.2, 0.25) is 0 Å². The Morgan fingerprint density at radius 1 is 1.65 bits per heavy atom. The Morgan fingerprint density at radius 2 is 2.41 bits per heavy atom. The fourth-order valence-electron chi connectivity index (χ4n) is 2.15. The van der Waals surface area contributed by atoms with Crippen LogP contribution in [-0.4, -0.2) is 30.9 Å². The monoisotopic (exact) mass is 258 g/mol. The standard InChI is InChI=1S/C11H18N2O3S/c1-8(12)4-10-6-16-11(13-10)5-9-2-3-17(14,15)7-9/h6,8-9H,2-5,7,12H2,1H3. The first-order chi connectivity index (χ1) is 7.94. The highest BCUT2D eigenvalue weighted by molar-refractivity contribution is 7.91. The van der Waals surface area contributed by atoms with Gasteiger partial charge in [0.1, 0.15) is 6.26 Å². The topological polar surface area (TPSA) is 86.2 Å². The van der Waals surface area contributed by atoms with Crippen molar-refractivity contribution in [2.45, 2.75) is 32.2 Å². The zero-order valence-corrected chi connectivity index (χ0v) is 10.7. The van der Waals surface area contributed by atoms with Gasteiger partial charge in [0, 0.05) is 18.9 Å². The van der Waals surface area contributed by atoms with E-state index in [2.05, 4.69) is 4.98 Å². The molecule has 17 heavy (non-hydrogen) atoms. The van der Waals surface area contributed by atoms with Gasteiger partial charge in [-0.2, -0.15) is 0 Å². The highest BCUT2D eigenvalue weighted by Gasteiger charge is 2.29. The zero-order chi connectivity index (χ0) is 12.5. The predicted octanol–water partition coefficient (Wildman–Crippen LogP) is 0.542. The summed E-state index contributed by atoms with van der Waals surface area (Å²) in [7, 11) is -2.82. The Hall–Kier alpha value is -0.880. The molecule has 1 saturated heterocycles. The molecule has 2 atom stereocenters. The van der Waals surface area contributed by atoms with E-state index in [1.807, 2.05) is 6.92 Å². The maximum absolute atomic E-state index is 11.3. The van der Waals surface area contributed by atoms with Crippen molar-refractivity contribution in [3.05, 3.63) is 17.8 Å². The lowest BCUT2D eigenvalue weighted by Gasteiger charge is -2.02. The average molecular weight is 258 g/mol. The number of aromatic nitrogens is 1. The van der Waals surface area contributed by atoms with Crippen LogP contribution in [0.5, 0.6) is 0 Å². The molecule has 1 fully saturated rings. The predicted molar refractivity (Wildman–Crippen MR) is 64.3 cm³/mol. The van der Waals surface area contributed by atoms with E-state index in [9.17, 15) is 8.42 Å². The molecule has 0 bridgehead atoms. The van der Waals surface area contributed by atoms with Gasteiger partial charge in [0.05, 0.1) is 17.2 Å². The third kappa shape index (κ3) is 3.54. The number of hydrogen-bond donors (Lipinski definition) is 1. The first kappa shape index (κ1) is 12.6. The van der Waals surface area contributed by atoms with Crippen molar-refractivity contribution in [2.24, 2.45) is 11.7 Å². The molecule has 0 radical (unpaired) electrons. The van der Waals surface area contributed by atoms with E-state index in [1.165, 1.54) is 0 Å². The smallest absolute Gasteiger partial charge is 0.194 e. The fourth-order valence-corrected chi connectivity index (χ4v) is 4.01. The lowest BCUT2D eigenvalue weighted by atomic mass is 10.1. The SMILES string of the molecule is CC(N)Cc1coc(CC2CCS(=O)(=O)C2)n1. The summed E-state index contributed by atoms with van der Waals surface area (Å²) < 4.78 is 28.0. The number of sulfone groups is 1. The van der Waals surface area contributed by atoms with Gasteiger partial charge >= 0.3 is 0 Å². The highest BCUT2D eigenvalue weighted by atomic mass is 32.2. The second kappa shape index (κ2) is 4.78. The van der Waals surface area contributed by atoms with Gasteiger partial charge in [-0.25, -0.2) is 13.4 Å². The molecule has 0 saturated carbocycles.